The van der Waals surface area contributed by atoms with Crippen LogP contribution in [0.3, 0.4) is 0 Å². The maximum atomic E-state index is 12.3. The monoisotopic (exact) mass is 408 g/mol. The smallest absolute Gasteiger partial charge is 0.306 e. The molecule has 0 spiro atoms. The zero-order chi connectivity index (χ0) is 21.6. The second kappa shape index (κ2) is 9.83. The number of carbonyl (C=O) groups excluding carboxylic acids is 1. The summed E-state index contributed by atoms with van der Waals surface area (Å²) in [5.41, 5.74) is -0.409. The van der Waals surface area contributed by atoms with Gasteiger partial charge in [0.25, 0.3) is 0 Å². The Morgan fingerprint density at radius 1 is 1.10 bits per heavy atom. The number of ether oxygens (including phenoxy) is 4. The Morgan fingerprint density at radius 2 is 1.72 bits per heavy atom. The minimum Gasteiger partial charge on any atom is -0.502 e. The summed E-state index contributed by atoms with van der Waals surface area (Å²) in [5, 5.41) is 19.8. The number of benzene rings is 1. The van der Waals surface area contributed by atoms with E-state index in [1.54, 1.807) is 19.1 Å². The van der Waals surface area contributed by atoms with E-state index < -0.39 is 29.7 Å². The Kier molecular flexibility index (Phi) is 7.49. The Hall–Kier alpha value is -3.20. The van der Waals surface area contributed by atoms with Crippen LogP contribution in [0.4, 0.5) is 0 Å². The minimum atomic E-state index is -0.996. The molecular formula is C20H24O9. The number of rotatable bonds is 9. The van der Waals surface area contributed by atoms with Gasteiger partial charge in [0.15, 0.2) is 5.76 Å². The van der Waals surface area contributed by atoms with Crippen LogP contribution in [-0.2, 0) is 16.1 Å². The van der Waals surface area contributed by atoms with E-state index in [9.17, 15) is 19.8 Å². The first-order chi connectivity index (χ1) is 13.9. The highest BCUT2D eigenvalue weighted by Gasteiger charge is 2.32. The van der Waals surface area contributed by atoms with Gasteiger partial charge in [0, 0.05) is 23.8 Å². The average molecular weight is 408 g/mol. The Morgan fingerprint density at radius 3 is 2.21 bits per heavy atom. The van der Waals surface area contributed by atoms with Crippen molar-refractivity contribution in [2.75, 3.05) is 27.9 Å². The summed E-state index contributed by atoms with van der Waals surface area (Å²) in [6.07, 6.45) is -0.279. The van der Waals surface area contributed by atoms with E-state index in [2.05, 4.69) is 0 Å². The van der Waals surface area contributed by atoms with Crippen molar-refractivity contribution in [1.82, 2.24) is 0 Å². The van der Waals surface area contributed by atoms with Crippen molar-refractivity contribution < 1.29 is 38.4 Å². The third kappa shape index (κ3) is 4.80. The molecule has 0 fully saturated rings. The molecule has 0 radical (unpaired) electrons. The van der Waals surface area contributed by atoms with E-state index in [1.807, 2.05) is 0 Å². The predicted octanol–water partition coefficient (Wildman–Crippen LogP) is 1.95. The molecule has 0 amide bonds. The van der Waals surface area contributed by atoms with Gasteiger partial charge in [-0.3, -0.25) is 9.59 Å². The molecule has 1 aromatic heterocycles. The number of esters is 1. The molecule has 0 aliphatic heterocycles. The van der Waals surface area contributed by atoms with Crippen LogP contribution in [0.25, 0.3) is 0 Å². The normalized spacial score (nSPS) is 11.6. The molecule has 1 heterocycles. The standard InChI is InChI=1S/C20H24O9/c1-5-28-17(23)9-13(20-19(24)14(22)6-12(10-21)29-20)18-15(26-3)7-11(25-2)8-16(18)27-4/h6-8,13,21,24H,5,9-10H2,1-4H3/t13-/m1/s1. The molecule has 29 heavy (non-hydrogen) atoms. The lowest BCUT2D eigenvalue weighted by Crippen LogP contribution is -2.16. The molecule has 2 rings (SSSR count). The molecule has 9 heteroatoms. The van der Waals surface area contributed by atoms with Crippen molar-refractivity contribution in [2.24, 2.45) is 0 Å². The van der Waals surface area contributed by atoms with Gasteiger partial charge in [0.1, 0.15) is 29.6 Å². The number of methoxy groups -OCH3 is 3. The summed E-state index contributed by atoms with van der Waals surface area (Å²) in [6.45, 7) is 1.24. The Balaban J connectivity index is 2.79. The van der Waals surface area contributed by atoms with Gasteiger partial charge in [-0.15, -0.1) is 0 Å². The van der Waals surface area contributed by atoms with E-state index >= 15 is 0 Å². The van der Waals surface area contributed by atoms with Crippen molar-refractivity contribution in [3.8, 4) is 23.0 Å². The predicted molar refractivity (Wildman–Crippen MR) is 102 cm³/mol. The average Bonchev–Trinajstić information content (AvgIpc) is 2.73. The molecular weight excluding hydrogens is 384 g/mol. The van der Waals surface area contributed by atoms with Crippen LogP contribution in [0, 0.1) is 0 Å². The molecule has 0 aliphatic carbocycles. The van der Waals surface area contributed by atoms with Gasteiger partial charge >= 0.3 is 5.97 Å². The summed E-state index contributed by atoms with van der Waals surface area (Å²) in [5.74, 6) is -1.54. The molecule has 2 aromatic rings. The largest absolute Gasteiger partial charge is 0.502 e. The van der Waals surface area contributed by atoms with Crippen LogP contribution >= 0.6 is 0 Å². The molecule has 0 unspecified atom stereocenters. The van der Waals surface area contributed by atoms with Crippen LogP contribution in [0.15, 0.2) is 27.4 Å². The van der Waals surface area contributed by atoms with Crippen LogP contribution in [0.5, 0.6) is 23.0 Å². The minimum absolute atomic E-state index is 0.0666. The first kappa shape index (κ1) is 22.1. The van der Waals surface area contributed by atoms with Crippen LogP contribution < -0.4 is 19.6 Å². The van der Waals surface area contributed by atoms with Gasteiger partial charge in [-0.05, 0) is 6.92 Å². The van der Waals surface area contributed by atoms with Gasteiger partial charge < -0.3 is 33.6 Å². The number of aliphatic hydroxyl groups is 1. The second-order valence-electron chi connectivity index (χ2n) is 5.96. The van der Waals surface area contributed by atoms with E-state index in [0.717, 1.165) is 6.07 Å². The summed E-state index contributed by atoms with van der Waals surface area (Å²) in [7, 11) is 4.30. The Labute approximate surface area is 167 Å². The highest BCUT2D eigenvalue weighted by molar-refractivity contribution is 5.72. The number of aliphatic hydroxyl groups excluding tert-OH is 1. The quantitative estimate of drug-likeness (QED) is 0.599. The van der Waals surface area contributed by atoms with Crippen molar-refractivity contribution in [3.63, 3.8) is 0 Å². The molecule has 2 N–H and O–H groups in total. The SMILES string of the molecule is CCOC(=O)C[C@@H](c1oc(CO)cc(=O)c1O)c1c(OC)cc(OC)cc1OC. The first-order valence-electron chi connectivity index (χ1n) is 8.82. The van der Waals surface area contributed by atoms with Gasteiger partial charge in [-0.1, -0.05) is 0 Å². The highest BCUT2D eigenvalue weighted by atomic mass is 16.5. The van der Waals surface area contributed by atoms with Crippen molar-refractivity contribution in [3.05, 3.63) is 45.5 Å². The fourth-order valence-corrected chi connectivity index (χ4v) is 2.96. The fourth-order valence-electron chi connectivity index (χ4n) is 2.96. The maximum Gasteiger partial charge on any atom is 0.306 e. The van der Waals surface area contributed by atoms with E-state index in [4.69, 9.17) is 23.4 Å². The summed E-state index contributed by atoms with van der Waals surface area (Å²) in [6, 6.07) is 4.12. The fraction of sp³-hybridized carbons (Fsp3) is 0.400. The number of aromatic hydroxyl groups is 1. The summed E-state index contributed by atoms with van der Waals surface area (Å²) in [4.78, 5) is 24.5. The summed E-state index contributed by atoms with van der Waals surface area (Å²) >= 11 is 0. The Bertz CT molecular complexity index is 892. The lowest BCUT2D eigenvalue weighted by atomic mass is 9.90. The summed E-state index contributed by atoms with van der Waals surface area (Å²) < 4.78 is 26.7. The third-order valence-corrected chi connectivity index (χ3v) is 4.25. The molecule has 0 saturated carbocycles. The third-order valence-electron chi connectivity index (χ3n) is 4.25. The molecule has 158 valence electrons. The molecule has 0 bridgehead atoms. The lowest BCUT2D eigenvalue weighted by molar-refractivity contribution is -0.143. The van der Waals surface area contributed by atoms with E-state index in [1.165, 1.54) is 21.3 Å². The molecule has 1 aromatic carbocycles. The number of hydrogen-bond donors (Lipinski definition) is 2. The van der Waals surface area contributed by atoms with Gasteiger partial charge in [-0.25, -0.2) is 0 Å². The van der Waals surface area contributed by atoms with Gasteiger partial charge in [0.05, 0.1) is 40.3 Å². The zero-order valence-electron chi connectivity index (χ0n) is 16.7. The lowest BCUT2D eigenvalue weighted by Gasteiger charge is -2.22. The molecule has 0 saturated heterocycles. The van der Waals surface area contributed by atoms with Crippen molar-refractivity contribution in [2.45, 2.75) is 25.9 Å². The topological polar surface area (TPSA) is 125 Å². The number of carbonyl (C=O) groups is 1. The van der Waals surface area contributed by atoms with Crippen LogP contribution in [0.1, 0.15) is 36.3 Å². The van der Waals surface area contributed by atoms with E-state index in [-0.39, 0.29) is 36.0 Å². The second-order valence-corrected chi connectivity index (χ2v) is 5.96. The number of hydrogen-bond acceptors (Lipinski definition) is 9. The maximum absolute atomic E-state index is 12.3. The van der Waals surface area contributed by atoms with Crippen molar-refractivity contribution in [1.29, 1.82) is 0 Å². The molecule has 1 atom stereocenters. The van der Waals surface area contributed by atoms with Gasteiger partial charge in [0.2, 0.25) is 11.2 Å². The van der Waals surface area contributed by atoms with E-state index in [0.29, 0.717) is 11.3 Å². The molecule has 0 aliphatic rings. The van der Waals surface area contributed by atoms with Crippen molar-refractivity contribution >= 4 is 5.97 Å². The highest BCUT2D eigenvalue weighted by Crippen LogP contribution is 2.45. The zero-order valence-corrected chi connectivity index (χ0v) is 16.7. The van der Waals surface area contributed by atoms with Crippen LogP contribution in [-0.4, -0.2) is 44.1 Å². The van der Waals surface area contributed by atoms with Gasteiger partial charge in [-0.2, -0.15) is 0 Å². The van der Waals surface area contributed by atoms with Crippen LogP contribution in [0.2, 0.25) is 0 Å². The first-order valence-corrected chi connectivity index (χ1v) is 8.82. The molecule has 9 nitrogen and oxygen atoms in total.